The van der Waals surface area contributed by atoms with E-state index in [-0.39, 0.29) is 12.3 Å². The zero-order valence-electron chi connectivity index (χ0n) is 20.2. The van der Waals surface area contributed by atoms with Gasteiger partial charge in [0.05, 0.1) is 25.3 Å². The van der Waals surface area contributed by atoms with E-state index in [1.54, 1.807) is 24.0 Å². The maximum atomic E-state index is 12.8. The number of nitrogens with one attached hydrogen (secondary N) is 1. The van der Waals surface area contributed by atoms with E-state index in [4.69, 9.17) is 22.1 Å². The Morgan fingerprint density at radius 1 is 1.16 bits per heavy atom. The number of nitrogen functional groups attached to an aromatic ring is 1. The maximum Gasteiger partial charge on any atom is 0.228 e. The second-order valence-corrected chi connectivity index (χ2v) is 10.6. The molecule has 2 aromatic heterocycles. The Labute approximate surface area is 229 Å². The molecule has 1 aliphatic rings. The van der Waals surface area contributed by atoms with Gasteiger partial charge in [-0.2, -0.15) is 4.37 Å². The van der Waals surface area contributed by atoms with Gasteiger partial charge in [0.25, 0.3) is 0 Å². The molecule has 3 N–H and O–H groups in total. The Morgan fingerprint density at radius 3 is 2.76 bits per heavy atom. The first-order valence-corrected chi connectivity index (χ1v) is 14.2. The van der Waals surface area contributed by atoms with Crippen LogP contribution in [0.2, 0.25) is 5.02 Å². The van der Waals surface area contributed by atoms with Crippen molar-refractivity contribution in [3.05, 3.63) is 71.4 Å². The summed E-state index contributed by atoms with van der Waals surface area (Å²) in [5.74, 6) is 0.272. The Kier molecular flexibility index (Phi) is 7.95. The average molecular weight is 552 g/mol. The van der Waals surface area contributed by atoms with Gasteiger partial charge in [-0.05, 0) is 59.2 Å². The summed E-state index contributed by atoms with van der Waals surface area (Å²) < 4.78 is 10.1. The minimum atomic E-state index is -0.143. The lowest BCUT2D eigenvalue weighted by atomic mass is 10.0. The molecular weight excluding hydrogens is 526 g/mol. The molecule has 5 rings (SSSR count). The Bertz CT molecular complexity index is 1420. The first-order chi connectivity index (χ1) is 18.0. The van der Waals surface area contributed by atoms with Crippen LogP contribution in [-0.2, 0) is 16.0 Å². The van der Waals surface area contributed by atoms with Gasteiger partial charge in [-0.25, -0.2) is 4.98 Å². The van der Waals surface area contributed by atoms with E-state index >= 15 is 0 Å². The molecule has 3 heterocycles. The molecule has 10 heteroatoms. The molecule has 1 aliphatic heterocycles. The van der Waals surface area contributed by atoms with Gasteiger partial charge in [0, 0.05) is 52.1 Å². The number of ether oxygens (including phenoxy) is 1. The van der Waals surface area contributed by atoms with Crippen LogP contribution in [0.15, 0.2) is 65.7 Å². The van der Waals surface area contributed by atoms with Gasteiger partial charge >= 0.3 is 0 Å². The van der Waals surface area contributed by atoms with Crippen molar-refractivity contribution < 1.29 is 9.53 Å². The van der Waals surface area contributed by atoms with E-state index in [1.807, 2.05) is 48.7 Å². The van der Waals surface area contributed by atoms with Crippen molar-refractivity contribution in [1.29, 1.82) is 0 Å². The summed E-state index contributed by atoms with van der Waals surface area (Å²) in [7, 11) is 0. The smallest absolute Gasteiger partial charge is 0.228 e. The number of hydrogen-bond acceptors (Lipinski definition) is 8. The van der Waals surface area contributed by atoms with Crippen molar-refractivity contribution in [2.24, 2.45) is 0 Å². The van der Waals surface area contributed by atoms with Crippen molar-refractivity contribution in [2.75, 3.05) is 48.5 Å². The van der Waals surface area contributed by atoms with Crippen LogP contribution in [0.5, 0.6) is 0 Å². The molecule has 0 saturated carbocycles. The number of nitrogens with two attached hydrogens (primary N) is 1. The highest BCUT2D eigenvalue weighted by molar-refractivity contribution is 7.98. The lowest BCUT2D eigenvalue weighted by molar-refractivity contribution is -0.115. The number of aromatic nitrogens is 2. The number of carbonyl (C=O) groups excluding carboxylic acids is 1. The fourth-order valence-electron chi connectivity index (χ4n) is 4.15. The van der Waals surface area contributed by atoms with Gasteiger partial charge < -0.3 is 20.7 Å². The van der Waals surface area contributed by atoms with Crippen LogP contribution in [0.4, 0.5) is 16.5 Å². The van der Waals surface area contributed by atoms with E-state index in [0.717, 1.165) is 64.1 Å². The number of anilines is 3. The molecule has 0 bridgehead atoms. The molecule has 0 spiro atoms. The molecule has 1 fully saturated rings. The highest BCUT2D eigenvalue weighted by Gasteiger charge is 2.17. The number of morpholine rings is 1. The van der Waals surface area contributed by atoms with E-state index < -0.39 is 0 Å². The van der Waals surface area contributed by atoms with Crippen molar-refractivity contribution in [1.82, 2.24) is 9.36 Å². The Morgan fingerprint density at radius 2 is 1.97 bits per heavy atom. The SMILES string of the molecule is CSc1cc(NC(=O)Cc2ccccc2Cl)cc(-c2cc(-c3cc(N4CCOCC4)sn3)cnc2N)c1. The van der Waals surface area contributed by atoms with Gasteiger partial charge in [-0.15, -0.1) is 11.8 Å². The summed E-state index contributed by atoms with van der Waals surface area (Å²) in [6.07, 6.45) is 3.93. The van der Waals surface area contributed by atoms with Gasteiger partial charge in [0.1, 0.15) is 10.8 Å². The predicted molar refractivity (Wildman–Crippen MR) is 154 cm³/mol. The number of benzene rings is 2. The molecule has 0 atom stereocenters. The third-order valence-electron chi connectivity index (χ3n) is 6.08. The number of halogens is 1. The average Bonchev–Trinajstić information content (AvgIpc) is 3.41. The molecule has 2 aromatic carbocycles. The number of pyridine rings is 1. The van der Waals surface area contributed by atoms with Crippen molar-refractivity contribution >= 4 is 57.3 Å². The third-order valence-corrected chi connectivity index (χ3v) is 8.01. The van der Waals surface area contributed by atoms with E-state index in [2.05, 4.69) is 25.6 Å². The van der Waals surface area contributed by atoms with Crippen LogP contribution in [0, 0.1) is 0 Å². The van der Waals surface area contributed by atoms with E-state index in [9.17, 15) is 4.79 Å². The minimum Gasteiger partial charge on any atom is -0.383 e. The Balaban J connectivity index is 1.41. The number of nitrogens with zero attached hydrogens (tertiary/aromatic N) is 3. The molecular formula is C27H26ClN5O2S2. The topological polar surface area (TPSA) is 93.4 Å². The van der Waals surface area contributed by atoms with Crippen LogP contribution in [0.1, 0.15) is 5.56 Å². The summed E-state index contributed by atoms with van der Waals surface area (Å²) >= 11 is 9.30. The molecule has 1 saturated heterocycles. The zero-order valence-corrected chi connectivity index (χ0v) is 22.6. The monoisotopic (exact) mass is 551 g/mol. The molecule has 4 aromatic rings. The second kappa shape index (κ2) is 11.5. The molecule has 190 valence electrons. The Hall–Kier alpha value is -3.11. The summed E-state index contributed by atoms with van der Waals surface area (Å²) in [5, 5.41) is 4.70. The summed E-state index contributed by atoms with van der Waals surface area (Å²) in [6, 6.07) is 17.4. The minimum absolute atomic E-state index is 0.143. The van der Waals surface area contributed by atoms with Gasteiger partial charge in [0.15, 0.2) is 0 Å². The third kappa shape index (κ3) is 6.07. The molecule has 0 aliphatic carbocycles. The number of thioether (sulfide) groups is 1. The second-order valence-electron chi connectivity index (χ2n) is 8.57. The molecule has 37 heavy (non-hydrogen) atoms. The van der Waals surface area contributed by atoms with Crippen LogP contribution < -0.4 is 16.0 Å². The number of hydrogen-bond donors (Lipinski definition) is 2. The number of rotatable bonds is 7. The molecule has 0 unspecified atom stereocenters. The first-order valence-electron chi connectivity index (χ1n) is 11.8. The largest absolute Gasteiger partial charge is 0.383 e. The van der Waals surface area contributed by atoms with Gasteiger partial charge in [-0.1, -0.05) is 29.8 Å². The normalized spacial score (nSPS) is 13.5. The lowest BCUT2D eigenvalue weighted by Crippen LogP contribution is -2.35. The standard InChI is InChI=1S/C27H26ClN5O2S2/c1-36-21-11-18(10-20(14-21)31-25(34)13-17-4-2-3-5-23(17)28)22-12-19(16-30-27(22)29)24-15-26(37-32-24)33-6-8-35-9-7-33/h2-5,10-12,14-16H,6-9,13H2,1H3,(H2,29,30)(H,31,34). The number of carbonyl (C=O) groups is 1. The van der Waals surface area contributed by atoms with Crippen LogP contribution in [0.3, 0.4) is 0 Å². The van der Waals surface area contributed by atoms with Crippen molar-refractivity contribution in [3.8, 4) is 22.4 Å². The van der Waals surface area contributed by atoms with E-state index in [1.165, 1.54) is 11.5 Å². The van der Waals surface area contributed by atoms with Crippen molar-refractivity contribution in [3.63, 3.8) is 0 Å². The van der Waals surface area contributed by atoms with Crippen molar-refractivity contribution in [2.45, 2.75) is 11.3 Å². The summed E-state index contributed by atoms with van der Waals surface area (Å²) in [6.45, 7) is 3.17. The molecule has 7 nitrogen and oxygen atoms in total. The number of amides is 1. The lowest BCUT2D eigenvalue weighted by Gasteiger charge is -2.26. The maximum absolute atomic E-state index is 12.8. The van der Waals surface area contributed by atoms with Gasteiger partial charge in [0.2, 0.25) is 5.91 Å². The van der Waals surface area contributed by atoms with Crippen LogP contribution in [0.25, 0.3) is 22.4 Å². The van der Waals surface area contributed by atoms with Crippen LogP contribution in [-0.4, -0.2) is 47.8 Å². The van der Waals surface area contributed by atoms with Crippen LogP contribution >= 0.6 is 34.9 Å². The predicted octanol–water partition coefficient (Wildman–Crippen LogP) is 5.85. The van der Waals surface area contributed by atoms with E-state index in [0.29, 0.717) is 16.5 Å². The highest BCUT2D eigenvalue weighted by atomic mass is 35.5. The zero-order chi connectivity index (χ0) is 25.8. The summed E-state index contributed by atoms with van der Waals surface area (Å²) in [4.78, 5) is 20.5. The first kappa shape index (κ1) is 25.5. The highest BCUT2D eigenvalue weighted by Crippen LogP contribution is 2.35. The quantitative estimate of drug-likeness (QED) is 0.278. The fourth-order valence-corrected chi connectivity index (χ4v) is 5.65. The van der Waals surface area contributed by atoms with Gasteiger partial charge in [-0.3, -0.25) is 4.79 Å². The summed E-state index contributed by atoms with van der Waals surface area (Å²) in [5.41, 5.74) is 11.2. The fraction of sp³-hybridized carbons (Fsp3) is 0.222. The molecule has 1 amide bonds. The molecule has 0 radical (unpaired) electrons.